The van der Waals surface area contributed by atoms with Gasteiger partial charge in [-0.3, -0.25) is 14.7 Å². The molecule has 7 nitrogen and oxygen atoms in total. The molecule has 9 heteroatoms. The Labute approximate surface area is 153 Å². The molecule has 0 aliphatic rings. The maximum atomic E-state index is 11.9. The lowest BCUT2D eigenvalue weighted by Crippen LogP contribution is -2.31. The van der Waals surface area contributed by atoms with Crippen LogP contribution < -0.4 is 10.6 Å². The number of rotatable bonds is 7. The molecule has 128 valence electrons. The summed E-state index contributed by atoms with van der Waals surface area (Å²) in [6.07, 6.45) is 0.194. The number of nitrogens with one attached hydrogen (secondary N) is 3. The molecule has 0 bridgehead atoms. The molecule has 0 atom stereocenters. The van der Waals surface area contributed by atoms with Crippen molar-refractivity contribution in [2.75, 3.05) is 6.54 Å². The van der Waals surface area contributed by atoms with E-state index in [-0.39, 0.29) is 24.8 Å². The summed E-state index contributed by atoms with van der Waals surface area (Å²) in [5.74, 6) is 0.305. The first-order chi connectivity index (χ1) is 11.5. The third kappa shape index (κ3) is 5.00. The van der Waals surface area contributed by atoms with Crippen LogP contribution in [0.25, 0.3) is 0 Å². The zero-order valence-electron chi connectivity index (χ0n) is 13.1. The van der Waals surface area contributed by atoms with Crippen molar-refractivity contribution in [3.63, 3.8) is 0 Å². The molecule has 0 spiro atoms. The number of carbonyl (C=O) groups is 2. The summed E-state index contributed by atoms with van der Waals surface area (Å²) in [7, 11) is 0. The number of hydrogen-bond acceptors (Lipinski definition) is 4. The Hall–Kier alpha value is -2.00. The Kier molecular flexibility index (Phi) is 6.68. The van der Waals surface area contributed by atoms with Gasteiger partial charge in [0.15, 0.2) is 10.6 Å². The second-order valence-electron chi connectivity index (χ2n) is 4.98. The Morgan fingerprint density at radius 3 is 2.67 bits per heavy atom. The molecule has 3 N–H and O–H groups in total. The number of amides is 2. The maximum absolute atomic E-state index is 11.9. The molecule has 0 saturated heterocycles. The summed E-state index contributed by atoms with van der Waals surface area (Å²) in [6, 6.07) is 7.02. The van der Waals surface area contributed by atoms with Crippen molar-refractivity contribution < 1.29 is 9.59 Å². The second-order valence-corrected chi connectivity index (χ2v) is 6.28. The van der Waals surface area contributed by atoms with Gasteiger partial charge in [0.25, 0.3) is 5.91 Å². The third-order valence-electron chi connectivity index (χ3n) is 3.34. The molecule has 2 amide bonds. The number of aromatic nitrogens is 3. The van der Waals surface area contributed by atoms with Crippen molar-refractivity contribution >= 4 is 40.0 Å². The van der Waals surface area contributed by atoms with Crippen LogP contribution in [-0.4, -0.2) is 33.1 Å². The van der Waals surface area contributed by atoms with Crippen molar-refractivity contribution in [1.29, 1.82) is 0 Å². The fourth-order valence-corrected chi connectivity index (χ4v) is 2.61. The number of aromatic amines is 1. The van der Waals surface area contributed by atoms with Crippen LogP contribution in [0, 0.1) is 4.77 Å². The molecule has 2 aromatic rings. The van der Waals surface area contributed by atoms with Crippen LogP contribution in [-0.2, 0) is 17.9 Å². The molecule has 2 rings (SSSR count). The Morgan fingerprint density at radius 1 is 1.29 bits per heavy atom. The van der Waals surface area contributed by atoms with E-state index in [2.05, 4.69) is 36.8 Å². The smallest absolute Gasteiger partial charge is 0.251 e. The van der Waals surface area contributed by atoms with Gasteiger partial charge in [-0.25, -0.2) is 0 Å². The van der Waals surface area contributed by atoms with Gasteiger partial charge in [0, 0.05) is 29.5 Å². The number of halogens is 1. The van der Waals surface area contributed by atoms with Crippen LogP contribution in [0.5, 0.6) is 0 Å². The van der Waals surface area contributed by atoms with Crippen molar-refractivity contribution in [3.05, 3.63) is 44.9 Å². The van der Waals surface area contributed by atoms with Gasteiger partial charge in [0.1, 0.15) is 0 Å². The summed E-state index contributed by atoms with van der Waals surface area (Å²) >= 11 is 8.40. The van der Waals surface area contributed by atoms with Crippen molar-refractivity contribution in [2.45, 2.75) is 26.4 Å². The molecule has 24 heavy (non-hydrogen) atoms. The standard InChI is InChI=1S/C15H18BrN5O2S/c1-2-21-12(19-20-15(21)24)9-18-13(22)7-8-17-14(23)10-3-5-11(16)6-4-10/h3-6H,2,7-9H2,1H3,(H,17,23)(H,18,22)(H,20,24). The third-order valence-corrected chi connectivity index (χ3v) is 4.18. The maximum Gasteiger partial charge on any atom is 0.251 e. The van der Waals surface area contributed by atoms with E-state index < -0.39 is 0 Å². The predicted octanol–water partition coefficient (Wildman–Crippen LogP) is 2.16. The van der Waals surface area contributed by atoms with Crippen LogP contribution in [0.15, 0.2) is 28.7 Å². The first kappa shape index (κ1) is 18.3. The van der Waals surface area contributed by atoms with E-state index in [1.54, 1.807) is 24.3 Å². The predicted molar refractivity (Wildman–Crippen MR) is 96.0 cm³/mol. The van der Waals surface area contributed by atoms with Gasteiger partial charge >= 0.3 is 0 Å². The van der Waals surface area contributed by atoms with Crippen LogP contribution in [0.3, 0.4) is 0 Å². The van der Waals surface area contributed by atoms with E-state index >= 15 is 0 Å². The van der Waals surface area contributed by atoms with E-state index in [0.29, 0.717) is 29.2 Å². The lowest BCUT2D eigenvalue weighted by molar-refractivity contribution is -0.121. The van der Waals surface area contributed by atoms with Crippen molar-refractivity contribution in [2.24, 2.45) is 0 Å². The number of H-pyrrole nitrogens is 1. The molecular weight excluding hydrogens is 394 g/mol. The number of benzene rings is 1. The first-order valence-electron chi connectivity index (χ1n) is 7.45. The van der Waals surface area contributed by atoms with E-state index in [9.17, 15) is 9.59 Å². The molecule has 0 fully saturated rings. The highest BCUT2D eigenvalue weighted by molar-refractivity contribution is 9.10. The highest BCUT2D eigenvalue weighted by Crippen LogP contribution is 2.10. The van der Waals surface area contributed by atoms with Crippen LogP contribution in [0.4, 0.5) is 0 Å². The Morgan fingerprint density at radius 2 is 2.00 bits per heavy atom. The number of carbonyl (C=O) groups excluding carboxylic acids is 2. The topological polar surface area (TPSA) is 91.8 Å². The van der Waals surface area contributed by atoms with Gasteiger partial charge in [0.2, 0.25) is 5.91 Å². The van der Waals surface area contributed by atoms with E-state index in [0.717, 1.165) is 4.47 Å². The Balaban J connectivity index is 1.74. The van der Waals surface area contributed by atoms with Crippen LogP contribution in [0.1, 0.15) is 29.5 Å². The minimum absolute atomic E-state index is 0.164. The molecule has 1 aromatic heterocycles. The lowest BCUT2D eigenvalue weighted by Gasteiger charge is -2.07. The summed E-state index contributed by atoms with van der Waals surface area (Å²) in [6.45, 7) is 3.19. The molecule has 0 aliphatic heterocycles. The van der Waals surface area contributed by atoms with Gasteiger partial charge in [-0.1, -0.05) is 15.9 Å². The van der Waals surface area contributed by atoms with Gasteiger partial charge < -0.3 is 15.2 Å². The minimum atomic E-state index is -0.206. The molecule has 0 unspecified atom stereocenters. The van der Waals surface area contributed by atoms with E-state index in [1.165, 1.54) is 0 Å². The van der Waals surface area contributed by atoms with Gasteiger partial charge in [0.05, 0.1) is 6.54 Å². The zero-order valence-corrected chi connectivity index (χ0v) is 15.5. The van der Waals surface area contributed by atoms with E-state index in [1.807, 2.05) is 11.5 Å². The van der Waals surface area contributed by atoms with Gasteiger partial charge in [-0.15, -0.1) is 0 Å². The summed E-state index contributed by atoms with van der Waals surface area (Å²) in [5, 5.41) is 12.2. The Bertz CT molecular complexity index is 769. The van der Waals surface area contributed by atoms with Crippen molar-refractivity contribution in [1.82, 2.24) is 25.4 Å². The van der Waals surface area contributed by atoms with Gasteiger partial charge in [-0.05, 0) is 43.4 Å². The average molecular weight is 412 g/mol. The molecule has 0 radical (unpaired) electrons. The summed E-state index contributed by atoms with van der Waals surface area (Å²) < 4.78 is 3.25. The highest BCUT2D eigenvalue weighted by Gasteiger charge is 2.08. The molecule has 1 heterocycles. The molecule has 1 aromatic carbocycles. The first-order valence-corrected chi connectivity index (χ1v) is 8.66. The van der Waals surface area contributed by atoms with Crippen LogP contribution in [0.2, 0.25) is 0 Å². The largest absolute Gasteiger partial charge is 0.352 e. The fraction of sp³-hybridized carbons (Fsp3) is 0.333. The SMILES string of the molecule is CCn1c(CNC(=O)CCNC(=O)c2ccc(Br)cc2)n[nH]c1=S. The summed E-state index contributed by atoms with van der Waals surface area (Å²) in [5.41, 5.74) is 0.553. The van der Waals surface area contributed by atoms with Crippen LogP contribution >= 0.6 is 28.1 Å². The fourth-order valence-electron chi connectivity index (χ4n) is 2.07. The normalized spacial score (nSPS) is 10.4. The van der Waals surface area contributed by atoms with Gasteiger partial charge in [-0.2, -0.15) is 5.10 Å². The second kappa shape index (κ2) is 8.74. The number of hydrogen-bond donors (Lipinski definition) is 3. The highest BCUT2D eigenvalue weighted by atomic mass is 79.9. The zero-order chi connectivity index (χ0) is 17.5. The molecule has 0 aliphatic carbocycles. The molecule has 0 saturated carbocycles. The average Bonchev–Trinajstić information content (AvgIpc) is 2.93. The van der Waals surface area contributed by atoms with E-state index in [4.69, 9.17) is 12.2 Å². The molecular formula is C15H18BrN5O2S. The monoisotopic (exact) mass is 411 g/mol. The minimum Gasteiger partial charge on any atom is -0.352 e. The lowest BCUT2D eigenvalue weighted by atomic mass is 10.2. The quantitative estimate of drug-likeness (QED) is 0.608. The summed E-state index contributed by atoms with van der Waals surface area (Å²) in [4.78, 5) is 23.8. The number of nitrogens with zero attached hydrogens (tertiary/aromatic N) is 2. The van der Waals surface area contributed by atoms with Crippen molar-refractivity contribution in [3.8, 4) is 0 Å².